The van der Waals surface area contributed by atoms with Gasteiger partial charge in [0.05, 0.1) is 17.9 Å². The Morgan fingerprint density at radius 3 is 2.51 bits per heavy atom. The maximum atomic E-state index is 13.6. The van der Waals surface area contributed by atoms with Crippen molar-refractivity contribution in [1.29, 1.82) is 0 Å². The number of carbonyl (C=O) groups excluding carboxylic acids is 1. The van der Waals surface area contributed by atoms with Crippen LogP contribution in [0.4, 0.5) is 0 Å². The van der Waals surface area contributed by atoms with Crippen LogP contribution in [0.5, 0.6) is 0 Å². The maximum absolute atomic E-state index is 13.6. The molecule has 0 saturated carbocycles. The number of hydrogen-bond acceptors (Lipinski definition) is 8. The van der Waals surface area contributed by atoms with E-state index in [0.29, 0.717) is 23.3 Å². The van der Waals surface area contributed by atoms with E-state index in [1.165, 1.54) is 0 Å². The van der Waals surface area contributed by atoms with Crippen molar-refractivity contribution >= 4 is 27.6 Å². The molecule has 5 atom stereocenters. The molecule has 0 aliphatic carbocycles. The number of nitrogens with one attached hydrogen (secondary N) is 1. The second-order valence-electron chi connectivity index (χ2n) is 10.5. The lowest BCUT2D eigenvalue weighted by Gasteiger charge is -2.40. The standard InChI is InChI=1S/C31H31N3O7/c1-16-26(17(2)41-33-16)21-9-10-22-23(30(38)32-27-29(37)28(36)25(15-35)40-31(27)39)14-34(24(22)12-21)13-18-7-8-19-5-3-4-6-20(19)11-18/h3-12,14,25,27-29,31,35-37,39H,13,15H2,1-2H3,(H,32,38)/t25-,27-,28-,29-,31?/m1/s1. The topological polar surface area (TPSA) is 150 Å². The van der Waals surface area contributed by atoms with E-state index in [1.807, 2.05) is 48.7 Å². The molecule has 1 aliphatic rings. The van der Waals surface area contributed by atoms with Gasteiger partial charge < -0.3 is 39.6 Å². The molecule has 0 spiro atoms. The third-order valence-electron chi connectivity index (χ3n) is 7.81. The Morgan fingerprint density at radius 1 is 1.00 bits per heavy atom. The third-order valence-corrected chi connectivity index (χ3v) is 7.81. The van der Waals surface area contributed by atoms with E-state index in [4.69, 9.17) is 9.26 Å². The highest BCUT2D eigenvalue weighted by Crippen LogP contribution is 2.32. The van der Waals surface area contributed by atoms with Crippen LogP contribution in [0.25, 0.3) is 32.8 Å². The molecule has 212 valence electrons. The molecule has 1 aliphatic heterocycles. The average molecular weight is 558 g/mol. The lowest BCUT2D eigenvalue weighted by molar-refractivity contribution is -0.252. The number of aryl methyl sites for hydroxylation is 2. The van der Waals surface area contributed by atoms with Crippen molar-refractivity contribution in [3.63, 3.8) is 0 Å². The van der Waals surface area contributed by atoms with Gasteiger partial charge in [-0.2, -0.15) is 0 Å². The molecule has 6 rings (SSSR count). The van der Waals surface area contributed by atoms with Crippen LogP contribution in [0, 0.1) is 13.8 Å². The number of aliphatic hydroxyl groups excluding tert-OH is 4. The van der Waals surface area contributed by atoms with Gasteiger partial charge in [-0.25, -0.2) is 0 Å². The fourth-order valence-corrected chi connectivity index (χ4v) is 5.67. The number of carbonyl (C=O) groups is 1. The summed E-state index contributed by atoms with van der Waals surface area (Å²) in [5.41, 5.74) is 4.69. The molecule has 3 aromatic carbocycles. The molecule has 1 saturated heterocycles. The number of aromatic nitrogens is 2. The Labute approximate surface area is 235 Å². The minimum atomic E-state index is -1.62. The first-order chi connectivity index (χ1) is 19.7. The molecule has 1 amide bonds. The highest BCUT2D eigenvalue weighted by molar-refractivity contribution is 6.08. The van der Waals surface area contributed by atoms with Gasteiger partial charge in [-0.05, 0) is 47.9 Å². The number of amides is 1. The van der Waals surface area contributed by atoms with Crippen molar-refractivity contribution in [3.05, 3.63) is 89.4 Å². The van der Waals surface area contributed by atoms with Gasteiger partial charge in [-0.1, -0.05) is 53.7 Å². The van der Waals surface area contributed by atoms with Gasteiger partial charge in [0.25, 0.3) is 5.91 Å². The maximum Gasteiger partial charge on any atom is 0.253 e. The lowest BCUT2D eigenvalue weighted by Crippen LogP contribution is -2.64. The molecule has 10 nitrogen and oxygen atoms in total. The van der Waals surface area contributed by atoms with Crippen LogP contribution in [0.3, 0.4) is 0 Å². The Bertz CT molecular complexity index is 1720. The summed E-state index contributed by atoms with van der Waals surface area (Å²) in [7, 11) is 0. The smallest absolute Gasteiger partial charge is 0.253 e. The Morgan fingerprint density at radius 2 is 1.78 bits per heavy atom. The quantitative estimate of drug-likeness (QED) is 0.214. The van der Waals surface area contributed by atoms with Crippen molar-refractivity contribution in [2.75, 3.05) is 6.61 Å². The van der Waals surface area contributed by atoms with Gasteiger partial charge in [-0.3, -0.25) is 4.79 Å². The molecular weight excluding hydrogens is 526 g/mol. The molecule has 5 aromatic rings. The van der Waals surface area contributed by atoms with Gasteiger partial charge in [0.15, 0.2) is 6.29 Å². The molecule has 2 aromatic heterocycles. The molecule has 0 bridgehead atoms. The van der Waals surface area contributed by atoms with Gasteiger partial charge in [0.1, 0.15) is 30.1 Å². The summed E-state index contributed by atoms with van der Waals surface area (Å²) in [4.78, 5) is 13.6. The van der Waals surface area contributed by atoms with Crippen molar-refractivity contribution in [2.45, 2.75) is 51.0 Å². The van der Waals surface area contributed by atoms with Gasteiger partial charge in [-0.15, -0.1) is 0 Å². The van der Waals surface area contributed by atoms with Crippen LogP contribution >= 0.6 is 0 Å². The van der Waals surface area contributed by atoms with Crippen LogP contribution in [0.1, 0.15) is 27.4 Å². The molecular formula is C31H31N3O7. The monoisotopic (exact) mass is 557 g/mol. The Kier molecular flexibility index (Phi) is 7.10. The fraction of sp³-hybridized carbons (Fsp3) is 0.290. The number of nitrogens with zero attached hydrogens (tertiary/aromatic N) is 2. The molecule has 1 unspecified atom stereocenters. The highest BCUT2D eigenvalue weighted by Gasteiger charge is 2.44. The zero-order chi connectivity index (χ0) is 28.8. The number of aliphatic hydroxyl groups is 4. The zero-order valence-corrected chi connectivity index (χ0v) is 22.6. The van der Waals surface area contributed by atoms with Gasteiger partial charge >= 0.3 is 0 Å². The summed E-state index contributed by atoms with van der Waals surface area (Å²) in [6.07, 6.45) is -4.08. The van der Waals surface area contributed by atoms with E-state index >= 15 is 0 Å². The van der Waals surface area contributed by atoms with Crippen molar-refractivity contribution in [1.82, 2.24) is 15.0 Å². The van der Waals surface area contributed by atoms with E-state index in [1.54, 1.807) is 6.20 Å². The molecule has 3 heterocycles. The fourth-order valence-electron chi connectivity index (χ4n) is 5.67. The number of ether oxygens (including phenoxy) is 1. The molecule has 1 fully saturated rings. The minimum Gasteiger partial charge on any atom is -0.394 e. The van der Waals surface area contributed by atoms with E-state index in [9.17, 15) is 25.2 Å². The summed E-state index contributed by atoms with van der Waals surface area (Å²) in [6.45, 7) is 3.62. The number of rotatable bonds is 6. The predicted molar refractivity (Wildman–Crippen MR) is 151 cm³/mol. The van der Waals surface area contributed by atoms with Crippen molar-refractivity contribution in [2.24, 2.45) is 0 Å². The van der Waals surface area contributed by atoms with E-state index in [2.05, 4.69) is 40.8 Å². The first-order valence-electron chi connectivity index (χ1n) is 13.4. The largest absolute Gasteiger partial charge is 0.394 e. The van der Waals surface area contributed by atoms with E-state index in [-0.39, 0.29) is 0 Å². The van der Waals surface area contributed by atoms with Crippen molar-refractivity contribution < 1.29 is 34.5 Å². The summed E-state index contributed by atoms with van der Waals surface area (Å²) in [5, 5.41) is 50.2. The third kappa shape index (κ3) is 4.90. The highest BCUT2D eigenvalue weighted by atomic mass is 16.6. The predicted octanol–water partition coefficient (Wildman–Crippen LogP) is 2.64. The lowest BCUT2D eigenvalue weighted by atomic mass is 9.96. The van der Waals surface area contributed by atoms with Crippen LogP contribution in [-0.4, -0.2) is 73.3 Å². The summed E-state index contributed by atoms with van der Waals surface area (Å²) in [5.74, 6) is 0.131. The number of benzene rings is 3. The SMILES string of the molecule is Cc1noc(C)c1-c1ccc2c(C(=O)N[C@H]3C(O)O[C@H](CO)[C@@H](O)[C@@H]3O)cn(Cc3ccc4ccccc4c3)c2c1. The Hall–Kier alpha value is -4.06. The summed E-state index contributed by atoms with van der Waals surface area (Å²) < 4.78 is 12.6. The average Bonchev–Trinajstić information content (AvgIpc) is 3.51. The second-order valence-corrected chi connectivity index (χ2v) is 10.5. The van der Waals surface area contributed by atoms with Crippen LogP contribution in [-0.2, 0) is 11.3 Å². The van der Waals surface area contributed by atoms with Crippen LogP contribution in [0.2, 0.25) is 0 Å². The van der Waals surface area contributed by atoms with E-state index < -0.39 is 43.2 Å². The molecule has 10 heteroatoms. The number of hydrogen-bond donors (Lipinski definition) is 5. The van der Waals surface area contributed by atoms with Gasteiger partial charge in [0, 0.05) is 29.2 Å². The first kappa shape index (κ1) is 27.1. The summed E-state index contributed by atoms with van der Waals surface area (Å²) >= 11 is 0. The summed E-state index contributed by atoms with van der Waals surface area (Å²) in [6, 6.07) is 18.8. The zero-order valence-electron chi connectivity index (χ0n) is 22.6. The number of fused-ring (bicyclic) bond motifs is 2. The van der Waals surface area contributed by atoms with Crippen LogP contribution in [0.15, 0.2) is 71.4 Å². The minimum absolute atomic E-state index is 0.323. The normalized spacial score (nSPS) is 22.8. The second kappa shape index (κ2) is 10.7. The van der Waals surface area contributed by atoms with E-state index in [0.717, 1.165) is 38.7 Å². The molecule has 5 N–H and O–H groups in total. The van der Waals surface area contributed by atoms with Crippen LogP contribution < -0.4 is 5.32 Å². The van der Waals surface area contributed by atoms with Gasteiger partial charge in [0.2, 0.25) is 0 Å². The van der Waals surface area contributed by atoms with Crippen molar-refractivity contribution in [3.8, 4) is 11.1 Å². The first-order valence-corrected chi connectivity index (χ1v) is 13.4. The Balaban J connectivity index is 1.40. The molecule has 0 radical (unpaired) electrons. The molecule has 41 heavy (non-hydrogen) atoms.